The molecule has 1 aliphatic heterocycles. The van der Waals surface area contributed by atoms with Crippen LogP contribution in [-0.4, -0.2) is 35.7 Å². The second kappa shape index (κ2) is 5.38. The van der Waals surface area contributed by atoms with Crippen molar-refractivity contribution in [3.8, 4) is 0 Å². The van der Waals surface area contributed by atoms with E-state index in [1.165, 1.54) is 0 Å². The lowest BCUT2D eigenvalue weighted by Crippen LogP contribution is -2.57. The van der Waals surface area contributed by atoms with Gasteiger partial charge in [-0.25, -0.2) is 4.79 Å². The molecule has 0 bridgehead atoms. The Morgan fingerprint density at radius 3 is 2.58 bits per heavy atom. The number of hydrogen-bond acceptors (Lipinski definition) is 4. The first-order chi connectivity index (χ1) is 9.05. The van der Waals surface area contributed by atoms with E-state index >= 15 is 0 Å². The van der Waals surface area contributed by atoms with Crippen LogP contribution in [0.1, 0.15) is 18.0 Å². The first-order valence-corrected chi connectivity index (χ1v) is 5.99. The molecule has 0 saturated carbocycles. The molecule has 0 radical (unpaired) electrons. The van der Waals surface area contributed by atoms with Gasteiger partial charge >= 0.3 is 5.97 Å². The SMILES string of the molecule is N[C@@H](C(=O)NC1(C(=O)O)CCOC1)c1ccccc1. The second-order valence-corrected chi connectivity index (χ2v) is 4.57. The Kier molecular flexibility index (Phi) is 3.82. The summed E-state index contributed by atoms with van der Waals surface area (Å²) in [5, 5.41) is 11.7. The van der Waals surface area contributed by atoms with Gasteiger partial charge in [0.1, 0.15) is 6.04 Å². The molecule has 4 N–H and O–H groups in total. The quantitative estimate of drug-likeness (QED) is 0.713. The van der Waals surface area contributed by atoms with Crippen molar-refractivity contribution in [1.82, 2.24) is 5.32 Å². The Hall–Kier alpha value is -1.92. The summed E-state index contributed by atoms with van der Waals surface area (Å²) in [4.78, 5) is 23.3. The Morgan fingerprint density at radius 1 is 1.37 bits per heavy atom. The molecule has 6 nitrogen and oxygen atoms in total. The third-order valence-corrected chi connectivity index (χ3v) is 3.23. The Balaban J connectivity index is 2.10. The number of carbonyl (C=O) groups is 2. The van der Waals surface area contributed by atoms with Crippen LogP contribution in [0.15, 0.2) is 30.3 Å². The van der Waals surface area contributed by atoms with Crippen LogP contribution in [0.25, 0.3) is 0 Å². The first-order valence-electron chi connectivity index (χ1n) is 5.99. The van der Waals surface area contributed by atoms with Crippen LogP contribution in [-0.2, 0) is 14.3 Å². The molecule has 1 fully saturated rings. The van der Waals surface area contributed by atoms with Crippen molar-refractivity contribution < 1.29 is 19.4 Å². The van der Waals surface area contributed by atoms with Crippen molar-refractivity contribution in [2.24, 2.45) is 5.73 Å². The van der Waals surface area contributed by atoms with Gasteiger partial charge in [-0.05, 0) is 5.56 Å². The highest BCUT2D eigenvalue weighted by atomic mass is 16.5. The maximum absolute atomic E-state index is 12.1. The molecular weight excluding hydrogens is 248 g/mol. The van der Waals surface area contributed by atoms with Gasteiger partial charge in [-0.2, -0.15) is 0 Å². The fourth-order valence-electron chi connectivity index (χ4n) is 2.01. The molecule has 19 heavy (non-hydrogen) atoms. The van der Waals surface area contributed by atoms with E-state index in [-0.39, 0.29) is 13.0 Å². The summed E-state index contributed by atoms with van der Waals surface area (Å²) >= 11 is 0. The third kappa shape index (κ3) is 2.74. The van der Waals surface area contributed by atoms with Crippen molar-refractivity contribution in [3.63, 3.8) is 0 Å². The van der Waals surface area contributed by atoms with E-state index in [0.29, 0.717) is 12.2 Å². The maximum atomic E-state index is 12.1. The number of nitrogens with one attached hydrogen (secondary N) is 1. The summed E-state index contributed by atoms with van der Waals surface area (Å²) in [6, 6.07) is 7.92. The predicted octanol–water partition coefficient (Wildman–Crippen LogP) is 0.0463. The van der Waals surface area contributed by atoms with Gasteiger partial charge in [0.25, 0.3) is 0 Å². The Bertz CT molecular complexity index is 469. The minimum atomic E-state index is -1.36. The van der Waals surface area contributed by atoms with Gasteiger partial charge in [0.15, 0.2) is 5.54 Å². The molecule has 0 spiro atoms. The van der Waals surface area contributed by atoms with Crippen LogP contribution in [0, 0.1) is 0 Å². The number of carbonyl (C=O) groups excluding carboxylic acids is 1. The van der Waals surface area contributed by atoms with E-state index in [2.05, 4.69) is 5.32 Å². The van der Waals surface area contributed by atoms with Crippen LogP contribution in [0.2, 0.25) is 0 Å². The zero-order valence-electron chi connectivity index (χ0n) is 10.3. The molecule has 1 aromatic carbocycles. The maximum Gasteiger partial charge on any atom is 0.331 e. The van der Waals surface area contributed by atoms with Crippen LogP contribution in [0.3, 0.4) is 0 Å². The lowest BCUT2D eigenvalue weighted by Gasteiger charge is -2.25. The van der Waals surface area contributed by atoms with Crippen molar-refractivity contribution in [1.29, 1.82) is 0 Å². The topological polar surface area (TPSA) is 102 Å². The van der Waals surface area contributed by atoms with E-state index < -0.39 is 23.5 Å². The predicted molar refractivity (Wildman–Crippen MR) is 67.3 cm³/mol. The molecule has 1 amide bonds. The average molecular weight is 264 g/mol. The molecule has 1 aliphatic rings. The molecule has 1 saturated heterocycles. The zero-order chi connectivity index (χ0) is 13.9. The molecular formula is C13H16N2O4. The molecule has 102 valence electrons. The lowest BCUT2D eigenvalue weighted by molar-refractivity contribution is -0.147. The number of ether oxygens (including phenoxy) is 1. The van der Waals surface area contributed by atoms with E-state index in [4.69, 9.17) is 10.5 Å². The van der Waals surface area contributed by atoms with Gasteiger partial charge in [-0.15, -0.1) is 0 Å². The standard InChI is InChI=1S/C13H16N2O4/c14-10(9-4-2-1-3-5-9)11(16)15-13(12(17)18)6-7-19-8-13/h1-5,10H,6-8,14H2,(H,15,16)(H,17,18)/t10-,13?/m1/s1. The van der Waals surface area contributed by atoms with Crippen LogP contribution in [0.5, 0.6) is 0 Å². The van der Waals surface area contributed by atoms with Crippen LogP contribution in [0.4, 0.5) is 0 Å². The first kappa shape index (κ1) is 13.5. The zero-order valence-corrected chi connectivity index (χ0v) is 10.3. The number of carboxylic acid groups (broad SMARTS) is 1. The monoisotopic (exact) mass is 264 g/mol. The van der Waals surface area contributed by atoms with Crippen LogP contribution >= 0.6 is 0 Å². The summed E-state index contributed by atoms with van der Waals surface area (Å²) in [5.74, 6) is -1.61. The normalized spacial score (nSPS) is 23.8. The van der Waals surface area contributed by atoms with Gasteiger partial charge in [-0.3, -0.25) is 4.79 Å². The van der Waals surface area contributed by atoms with Crippen LogP contribution < -0.4 is 11.1 Å². The van der Waals surface area contributed by atoms with Crippen molar-refractivity contribution in [3.05, 3.63) is 35.9 Å². The highest BCUT2D eigenvalue weighted by Crippen LogP contribution is 2.20. The van der Waals surface area contributed by atoms with Crippen molar-refractivity contribution in [2.75, 3.05) is 13.2 Å². The summed E-state index contributed by atoms with van der Waals surface area (Å²) < 4.78 is 5.07. The van der Waals surface area contributed by atoms with Crippen molar-refractivity contribution in [2.45, 2.75) is 18.0 Å². The number of amides is 1. The number of rotatable bonds is 4. The average Bonchev–Trinajstić information content (AvgIpc) is 2.88. The summed E-state index contributed by atoms with van der Waals surface area (Å²) in [6.45, 7) is 0.280. The molecule has 0 aliphatic carbocycles. The van der Waals surface area contributed by atoms with Crippen molar-refractivity contribution >= 4 is 11.9 Å². The molecule has 1 aromatic rings. The third-order valence-electron chi connectivity index (χ3n) is 3.23. The molecule has 0 aromatic heterocycles. The largest absolute Gasteiger partial charge is 0.479 e. The minimum absolute atomic E-state index is 0.0322. The van der Waals surface area contributed by atoms with E-state index in [1.54, 1.807) is 24.3 Å². The highest BCUT2D eigenvalue weighted by Gasteiger charge is 2.44. The Morgan fingerprint density at radius 2 is 2.05 bits per heavy atom. The fourth-order valence-corrected chi connectivity index (χ4v) is 2.01. The molecule has 1 unspecified atom stereocenters. The summed E-state index contributed by atoms with van der Waals surface area (Å²) in [6.07, 6.45) is 0.246. The Labute approximate surface area is 110 Å². The van der Waals surface area contributed by atoms with Gasteiger partial charge in [0.2, 0.25) is 5.91 Å². The second-order valence-electron chi connectivity index (χ2n) is 4.57. The van der Waals surface area contributed by atoms with E-state index in [0.717, 1.165) is 0 Å². The van der Waals surface area contributed by atoms with E-state index in [9.17, 15) is 14.7 Å². The number of hydrogen-bond donors (Lipinski definition) is 3. The molecule has 6 heteroatoms. The lowest BCUT2D eigenvalue weighted by atomic mass is 9.97. The van der Waals surface area contributed by atoms with Gasteiger partial charge in [0, 0.05) is 13.0 Å². The van der Waals surface area contributed by atoms with Gasteiger partial charge in [-0.1, -0.05) is 30.3 Å². The number of aliphatic carboxylic acids is 1. The number of benzene rings is 1. The van der Waals surface area contributed by atoms with Gasteiger partial charge in [0.05, 0.1) is 6.61 Å². The number of carboxylic acids is 1. The van der Waals surface area contributed by atoms with E-state index in [1.807, 2.05) is 6.07 Å². The summed E-state index contributed by atoms with van der Waals surface area (Å²) in [5.41, 5.74) is 5.11. The molecule has 1 heterocycles. The number of nitrogens with two attached hydrogens (primary N) is 1. The fraction of sp³-hybridized carbons (Fsp3) is 0.385. The highest BCUT2D eigenvalue weighted by molar-refractivity contribution is 5.90. The smallest absolute Gasteiger partial charge is 0.331 e. The molecule has 2 atom stereocenters. The molecule has 2 rings (SSSR count). The minimum Gasteiger partial charge on any atom is -0.479 e. The summed E-state index contributed by atoms with van der Waals surface area (Å²) in [7, 11) is 0. The van der Waals surface area contributed by atoms with Gasteiger partial charge < -0.3 is 20.9 Å².